The number of carbonyl (C=O) groups is 1. The molecular weight excluding hydrogens is 230 g/mol. The van der Waals surface area contributed by atoms with Gasteiger partial charge in [-0.1, -0.05) is 30.3 Å². The standard InChI is InChI=1S/C14H19NO3/c1-10(11-5-3-2-4-6-11)15-13-9-18-8-7-12(13)14(16)17/h2-6,10,12-13,15H,7-9H2,1H3,(H,16,17)/t10-,12-,13-/m1/s1. The number of carboxylic acids is 1. The van der Waals surface area contributed by atoms with Crippen LogP contribution in [0.25, 0.3) is 0 Å². The minimum atomic E-state index is -0.740. The van der Waals surface area contributed by atoms with E-state index in [-0.39, 0.29) is 18.0 Å². The van der Waals surface area contributed by atoms with E-state index in [1.807, 2.05) is 37.3 Å². The minimum Gasteiger partial charge on any atom is -0.481 e. The molecule has 1 saturated heterocycles. The third-order valence-electron chi connectivity index (χ3n) is 3.44. The molecular formula is C14H19NO3. The van der Waals surface area contributed by atoms with Gasteiger partial charge in [-0.2, -0.15) is 0 Å². The van der Waals surface area contributed by atoms with Gasteiger partial charge in [-0.25, -0.2) is 0 Å². The number of ether oxygens (including phenoxy) is 1. The van der Waals surface area contributed by atoms with Crippen molar-refractivity contribution in [3.05, 3.63) is 35.9 Å². The number of carboxylic acid groups (broad SMARTS) is 1. The van der Waals surface area contributed by atoms with Gasteiger partial charge in [0.15, 0.2) is 0 Å². The van der Waals surface area contributed by atoms with Gasteiger partial charge in [-0.15, -0.1) is 0 Å². The number of hydrogen-bond acceptors (Lipinski definition) is 3. The SMILES string of the molecule is C[C@@H](N[C@@H]1COCC[C@H]1C(=O)O)c1ccccc1. The van der Waals surface area contributed by atoms with Gasteiger partial charge < -0.3 is 15.2 Å². The number of nitrogens with one attached hydrogen (secondary N) is 1. The fraction of sp³-hybridized carbons (Fsp3) is 0.500. The van der Waals surface area contributed by atoms with Crippen LogP contribution in [-0.2, 0) is 9.53 Å². The lowest BCUT2D eigenvalue weighted by Gasteiger charge is -2.32. The monoisotopic (exact) mass is 249 g/mol. The molecule has 18 heavy (non-hydrogen) atoms. The zero-order valence-corrected chi connectivity index (χ0v) is 10.5. The van der Waals surface area contributed by atoms with Gasteiger partial charge in [0.05, 0.1) is 12.5 Å². The van der Waals surface area contributed by atoms with Crippen molar-refractivity contribution in [2.24, 2.45) is 5.92 Å². The lowest BCUT2D eigenvalue weighted by atomic mass is 9.93. The second kappa shape index (κ2) is 5.98. The molecule has 0 aromatic heterocycles. The molecule has 0 spiro atoms. The molecule has 4 heteroatoms. The van der Waals surface area contributed by atoms with Crippen LogP contribution in [0.15, 0.2) is 30.3 Å². The average molecular weight is 249 g/mol. The fourth-order valence-electron chi connectivity index (χ4n) is 2.36. The number of benzene rings is 1. The van der Waals surface area contributed by atoms with E-state index in [0.29, 0.717) is 19.6 Å². The first-order valence-electron chi connectivity index (χ1n) is 6.30. The Morgan fingerprint density at radius 1 is 1.44 bits per heavy atom. The van der Waals surface area contributed by atoms with Crippen molar-refractivity contribution in [1.29, 1.82) is 0 Å². The van der Waals surface area contributed by atoms with Crippen molar-refractivity contribution in [2.75, 3.05) is 13.2 Å². The van der Waals surface area contributed by atoms with E-state index in [9.17, 15) is 9.90 Å². The summed E-state index contributed by atoms with van der Waals surface area (Å²) < 4.78 is 5.37. The van der Waals surface area contributed by atoms with Crippen molar-refractivity contribution in [3.63, 3.8) is 0 Å². The summed E-state index contributed by atoms with van der Waals surface area (Å²) in [5.74, 6) is -1.10. The van der Waals surface area contributed by atoms with Gasteiger partial charge in [0, 0.05) is 18.7 Å². The molecule has 1 fully saturated rings. The van der Waals surface area contributed by atoms with Gasteiger partial charge in [0.2, 0.25) is 0 Å². The predicted molar refractivity (Wildman–Crippen MR) is 68.3 cm³/mol. The van der Waals surface area contributed by atoms with Crippen molar-refractivity contribution in [1.82, 2.24) is 5.32 Å². The fourth-order valence-corrected chi connectivity index (χ4v) is 2.36. The summed E-state index contributed by atoms with van der Waals surface area (Å²) >= 11 is 0. The smallest absolute Gasteiger partial charge is 0.308 e. The zero-order chi connectivity index (χ0) is 13.0. The molecule has 98 valence electrons. The Morgan fingerprint density at radius 2 is 2.17 bits per heavy atom. The summed E-state index contributed by atoms with van der Waals surface area (Å²) in [7, 11) is 0. The van der Waals surface area contributed by atoms with Crippen LogP contribution >= 0.6 is 0 Å². The van der Waals surface area contributed by atoms with Gasteiger partial charge >= 0.3 is 5.97 Å². The molecule has 1 heterocycles. The van der Waals surface area contributed by atoms with E-state index < -0.39 is 5.97 Å². The minimum absolute atomic E-state index is 0.119. The van der Waals surface area contributed by atoms with Crippen LogP contribution in [0.2, 0.25) is 0 Å². The summed E-state index contributed by atoms with van der Waals surface area (Å²) in [6.45, 7) is 3.05. The highest BCUT2D eigenvalue weighted by Gasteiger charge is 2.32. The molecule has 0 saturated carbocycles. The summed E-state index contributed by atoms with van der Waals surface area (Å²) in [6.07, 6.45) is 0.578. The molecule has 0 aliphatic carbocycles. The Labute approximate surface area is 107 Å². The number of rotatable bonds is 4. The molecule has 2 N–H and O–H groups in total. The zero-order valence-electron chi connectivity index (χ0n) is 10.5. The van der Waals surface area contributed by atoms with E-state index in [4.69, 9.17) is 4.74 Å². The molecule has 1 aromatic carbocycles. The largest absolute Gasteiger partial charge is 0.481 e. The Morgan fingerprint density at radius 3 is 2.83 bits per heavy atom. The van der Waals surface area contributed by atoms with E-state index in [1.165, 1.54) is 0 Å². The molecule has 4 nitrogen and oxygen atoms in total. The quantitative estimate of drug-likeness (QED) is 0.854. The lowest BCUT2D eigenvalue weighted by Crippen LogP contribution is -2.47. The van der Waals surface area contributed by atoms with Crippen LogP contribution in [0.1, 0.15) is 24.9 Å². The van der Waals surface area contributed by atoms with E-state index in [2.05, 4.69) is 5.32 Å². The molecule has 3 atom stereocenters. The summed E-state index contributed by atoms with van der Waals surface area (Å²) in [6, 6.07) is 10.0. The van der Waals surface area contributed by atoms with Gasteiger partial charge in [0.1, 0.15) is 0 Å². The van der Waals surface area contributed by atoms with Crippen LogP contribution in [0.4, 0.5) is 0 Å². The number of hydrogen-bond donors (Lipinski definition) is 2. The van der Waals surface area contributed by atoms with Crippen molar-refractivity contribution in [2.45, 2.75) is 25.4 Å². The Kier molecular flexibility index (Phi) is 4.33. The van der Waals surface area contributed by atoms with Gasteiger partial charge in [-0.05, 0) is 18.9 Å². The first-order valence-corrected chi connectivity index (χ1v) is 6.30. The van der Waals surface area contributed by atoms with Crippen molar-refractivity contribution >= 4 is 5.97 Å². The van der Waals surface area contributed by atoms with E-state index in [1.54, 1.807) is 0 Å². The molecule has 0 amide bonds. The normalized spacial score (nSPS) is 25.6. The van der Waals surface area contributed by atoms with E-state index >= 15 is 0 Å². The first-order chi connectivity index (χ1) is 8.68. The molecule has 0 radical (unpaired) electrons. The summed E-state index contributed by atoms with van der Waals surface area (Å²) in [5, 5.41) is 12.6. The summed E-state index contributed by atoms with van der Waals surface area (Å²) in [4.78, 5) is 11.2. The van der Waals surface area contributed by atoms with Crippen LogP contribution in [-0.4, -0.2) is 30.3 Å². The van der Waals surface area contributed by atoms with E-state index in [0.717, 1.165) is 5.56 Å². The first kappa shape index (κ1) is 13.1. The highest BCUT2D eigenvalue weighted by atomic mass is 16.5. The Balaban J connectivity index is 2.01. The summed E-state index contributed by atoms with van der Waals surface area (Å²) in [5.41, 5.74) is 1.16. The average Bonchev–Trinajstić information content (AvgIpc) is 2.40. The van der Waals surface area contributed by atoms with Crippen molar-refractivity contribution < 1.29 is 14.6 Å². The third kappa shape index (κ3) is 3.09. The lowest BCUT2D eigenvalue weighted by molar-refractivity contribution is -0.146. The maximum absolute atomic E-state index is 11.2. The maximum atomic E-state index is 11.2. The molecule has 0 bridgehead atoms. The maximum Gasteiger partial charge on any atom is 0.308 e. The molecule has 1 aromatic rings. The Hall–Kier alpha value is -1.39. The second-order valence-electron chi connectivity index (χ2n) is 4.71. The Bertz CT molecular complexity index is 393. The van der Waals surface area contributed by atoms with Crippen LogP contribution in [0, 0.1) is 5.92 Å². The second-order valence-corrected chi connectivity index (χ2v) is 4.71. The van der Waals surface area contributed by atoms with Crippen LogP contribution in [0.5, 0.6) is 0 Å². The predicted octanol–water partition coefficient (Wildman–Crippen LogP) is 1.83. The third-order valence-corrected chi connectivity index (χ3v) is 3.44. The van der Waals surface area contributed by atoms with Crippen LogP contribution < -0.4 is 5.32 Å². The topological polar surface area (TPSA) is 58.6 Å². The van der Waals surface area contributed by atoms with Crippen LogP contribution in [0.3, 0.4) is 0 Å². The highest BCUT2D eigenvalue weighted by molar-refractivity contribution is 5.71. The van der Waals surface area contributed by atoms with Crippen molar-refractivity contribution in [3.8, 4) is 0 Å². The van der Waals surface area contributed by atoms with Gasteiger partial charge in [0.25, 0.3) is 0 Å². The molecule has 1 aliphatic heterocycles. The highest BCUT2D eigenvalue weighted by Crippen LogP contribution is 2.20. The molecule has 1 aliphatic rings. The van der Waals surface area contributed by atoms with Gasteiger partial charge in [-0.3, -0.25) is 4.79 Å². The molecule has 0 unspecified atom stereocenters. The number of aliphatic carboxylic acids is 1. The molecule has 2 rings (SSSR count).